The highest BCUT2D eigenvalue weighted by atomic mass is 16.4. The van der Waals surface area contributed by atoms with Crippen molar-refractivity contribution in [2.75, 3.05) is 0 Å². The fourth-order valence-corrected chi connectivity index (χ4v) is 1.20. The molecule has 4 nitrogen and oxygen atoms in total. The summed E-state index contributed by atoms with van der Waals surface area (Å²) in [4.78, 5) is 22.5. The van der Waals surface area contributed by atoms with Crippen LogP contribution >= 0.6 is 0 Å². The van der Waals surface area contributed by atoms with Crippen LogP contribution in [-0.2, 0) is 9.59 Å². The van der Waals surface area contributed by atoms with Crippen LogP contribution < -0.4 is 5.32 Å². The summed E-state index contributed by atoms with van der Waals surface area (Å²) in [5.41, 5.74) is -0.644. The fourth-order valence-electron chi connectivity index (χ4n) is 1.20. The highest BCUT2D eigenvalue weighted by molar-refractivity contribution is 5.96. The number of allylic oxidation sites excluding steroid dienone is 1. The standard InChI is InChI=1S/C11H19NO3/c1-5-7-11(4,10(14)15)12-9(13)8(3)6-2/h6H,5,7H2,1-4H3,(H,12,13)(H,14,15). The van der Waals surface area contributed by atoms with Gasteiger partial charge in [0.1, 0.15) is 5.54 Å². The summed E-state index contributed by atoms with van der Waals surface area (Å²) in [7, 11) is 0. The van der Waals surface area contributed by atoms with E-state index >= 15 is 0 Å². The lowest BCUT2D eigenvalue weighted by atomic mass is 9.96. The Morgan fingerprint density at radius 1 is 1.47 bits per heavy atom. The Morgan fingerprint density at radius 2 is 2.00 bits per heavy atom. The molecule has 0 saturated heterocycles. The maximum Gasteiger partial charge on any atom is 0.329 e. The number of carbonyl (C=O) groups excluding carboxylic acids is 1. The minimum absolute atomic E-state index is 0.323. The van der Waals surface area contributed by atoms with Gasteiger partial charge in [-0.25, -0.2) is 4.79 Å². The van der Waals surface area contributed by atoms with Gasteiger partial charge in [0.05, 0.1) is 0 Å². The van der Waals surface area contributed by atoms with Crippen LogP contribution in [0.4, 0.5) is 0 Å². The molecule has 0 rings (SSSR count). The zero-order chi connectivity index (χ0) is 12.1. The van der Waals surface area contributed by atoms with Gasteiger partial charge in [-0.3, -0.25) is 4.79 Å². The van der Waals surface area contributed by atoms with Crippen LogP contribution in [0.1, 0.15) is 40.5 Å². The molecule has 0 aliphatic carbocycles. The van der Waals surface area contributed by atoms with Gasteiger partial charge in [0.15, 0.2) is 0 Å². The van der Waals surface area contributed by atoms with E-state index in [0.29, 0.717) is 18.4 Å². The second kappa shape index (κ2) is 5.53. The van der Waals surface area contributed by atoms with Crippen LogP contribution in [0.25, 0.3) is 0 Å². The molecular formula is C11H19NO3. The molecule has 0 radical (unpaired) electrons. The number of hydrogen-bond donors (Lipinski definition) is 2. The predicted octanol–water partition coefficient (Wildman–Crippen LogP) is 1.71. The number of aliphatic carboxylic acids is 1. The third-order valence-electron chi connectivity index (χ3n) is 2.40. The predicted molar refractivity (Wildman–Crippen MR) is 58.5 cm³/mol. The van der Waals surface area contributed by atoms with Gasteiger partial charge in [0.25, 0.3) is 0 Å². The van der Waals surface area contributed by atoms with E-state index in [2.05, 4.69) is 5.32 Å². The summed E-state index contributed by atoms with van der Waals surface area (Å²) in [5, 5.41) is 11.6. The second-order valence-electron chi connectivity index (χ2n) is 3.81. The molecular weight excluding hydrogens is 194 g/mol. The van der Waals surface area contributed by atoms with Crippen LogP contribution in [0.2, 0.25) is 0 Å². The van der Waals surface area contributed by atoms with E-state index in [4.69, 9.17) is 5.11 Å². The van der Waals surface area contributed by atoms with Crippen molar-refractivity contribution >= 4 is 11.9 Å². The zero-order valence-corrected chi connectivity index (χ0v) is 9.76. The number of amides is 1. The van der Waals surface area contributed by atoms with Gasteiger partial charge < -0.3 is 10.4 Å². The van der Waals surface area contributed by atoms with Crippen LogP contribution in [-0.4, -0.2) is 22.5 Å². The van der Waals surface area contributed by atoms with Crippen molar-refractivity contribution in [1.29, 1.82) is 0 Å². The van der Waals surface area contributed by atoms with Crippen molar-refractivity contribution in [3.63, 3.8) is 0 Å². The first-order valence-corrected chi connectivity index (χ1v) is 5.06. The van der Waals surface area contributed by atoms with Gasteiger partial charge in [-0.2, -0.15) is 0 Å². The number of carboxylic acids is 1. The molecule has 4 heteroatoms. The van der Waals surface area contributed by atoms with Crippen molar-refractivity contribution in [2.45, 2.75) is 46.1 Å². The Labute approximate surface area is 90.4 Å². The van der Waals surface area contributed by atoms with Gasteiger partial charge in [0, 0.05) is 5.57 Å². The molecule has 0 aliphatic rings. The van der Waals surface area contributed by atoms with E-state index in [9.17, 15) is 9.59 Å². The van der Waals surface area contributed by atoms with Crippen LogP contribution in [0.5, 0.6) is 0 Å². The van der Waals surface area contributed by atoms with E-state index in [0.717, 1.165) is 0 Å². The van der Waals surface area contributed by atoms with Crippen molar-refractivity contribution < 1.29 is 14.7 Å². The molecule has 1 amide bonds. The fraction of sp³-hybridized carbons (Fsp3) is 0.636. The lowest BCUT2D eigenvalue weighted by molar-refractivity contribution is -0.146. The van der Waals surface area contributed by atoms with Crippen LogP contribution in [0.15, 0.2) is 11.6 Å². The summed E-state index contributed by atoms with van der Waals surface area (Å²) in [6.45, 7) is 6.81. The molecule has 0 aromatic heterocycles. The molecule has 0 spiro atoms. The largest absolute Gasteiger partial charge is 0.480 e. The van der Waals surface area contributed by atoms with E-state index in [-0.39, 0.29) is 5.91 Å². The third-order valence-corrected chi connectivity index (χ3v) is 2.40. The lowest BCUT2D eigenvalue weighted by Gasteiger charge is -2.25. The average Bonchev–Trinajstić information content (AvgIpc) is 2.16. The quantitative estimate of drug-likeness (QED) is 0.683. The van der Waals surface area contributed by atoms with Crippen molar-refractivity contribution in [2.24, 2.45) is 0 Å². The Bertz CT molecular complexity index is 284. The molecule has 0 bridgehead atoms. The highest BCUT2D eigenvalue weighted by Gasteiger charge is 2.33. The SMILES string of the molecule is CC=C(C)C(=O)NC(C)(CCC)C(=O)O. The maximum atomic E-state index is 11.5. The zero-order valence-electron chi connectivity index (χ0n) is 9.76. The molecule has 1 atom stereocenters. The number of rotatable bonds is 5. The second-order valence-corrected chi connectivity index (χ2v) is 3.81. The molecule has 0 aromatic rings. The summed E-state index contributed by atoms with van der Waals surface area (Å²) in [5.74, 6) is -1.32. The molecule has 0 aromatic carbocycles. The Kier molecular flexibility index (Phi) is 5.05. The minimum atomic E-state index is -1.17. The summed E-state index contributed by atoms with van der Waals surface area (Å²) in [6.07, 6.45) is 2.78. The molecule has 0 fully saturated rings. The normalized spacial score (nSPS) is 15.6. The first-order valence-electron chi connectivity index (χ1n) is 5.06. The van der Waals surface area contributed by atoms with Gasteiger partial charge in [0.2, 0.25) is 5.91 Å². The van der Waals surface area contributed by atoms with Gasteiger partial charge in [-0.05, 0) is 27.2 Å². The van der Waals surface area contributed by atoms with Gasteiger partial charge in [-0.15, -0.1) is 0 Å². The lowest BCUT2D eigenvalue weighted by Crippen LogP contribution is -2.52. The van der Waals surface area contributed by atoms with E-state index in [1.807, 2.05) is 6.92 Å². The van der Waals surface area contributed by atoms with Crippen molar-refractivity contribution in [3.05, 3.63) is 11.6 Å². The Balaban J connectivity index is 4.70. The highest BCUT2D eigenvalue weighted by Crippen LogP contribution is 2.13. The Morgan fingerprint density at radius 3 is 2.33 bits per heavy atom. The molecule has 86 valence electrons. The van der Waals surface area contributed by atoms with Gasteiger partial charge in [-0.1, -0.05) is 19.4 Å². The first-order chi connectivity index (χ1) is 6.87. The summed E-state index contributed by atoms with van der Waals surface area (Å²) >= 11 is 0. The molecule has 0 saturated carbocycles. The molecule has 2 N–H and O–H groups in total. The molecule has 1 unspecified atom stereocenters. The van der Waals surface area contributed by atoms with E-state index < -0.39 is 11.5 Å². The monoisotopic (exact) mass is 213 g/mol. The number of carboxylic acid groups (broad SMARTS) is 1. The number of hydrogen-bond acceptors (Lipinski definition) is 2. The smallest absolute Gasteiger partial charge is 0.329 e. The first kappa shape index (κ1) is 13.7. The number of carbonyl (C=O) groups is 2. The summed E-state index contributed by atoms with van der Waals surface area (Å²) < 4.78 is 0. The maximum absolute atomic E-state index is 11.5. The third kappa shape index (κ3) is 3.73. The van der Waals surface area contributed by atoms with Crippen molar-refractivity contribution in [3.8, 4) is 0 Å². The molecule has 15 heavy (non-hydrogen) atoms. The van der Waals surface area contributed by atoms with E-state index in [1.54, 1.807) is 19.9 Å². The Hall–Kier alpha value is -1.32. The van der Waals surface area contributed by atoms with Crippen LogP contribution in [0, 0.1) is 0 Å². The van der Waals surface area contributed by atoms with Gasteiger partial charge >= 0.3 is 5.97 Å². The molecule has 0 heterocycles. The molecule has 0 aliphatic heterocycles. The average molecular weight is 213 g/mol. The minimum Gasteiger partial charge on any atom is -0.480 e. The van der Waals surface area contributed by atoms with E-state index in [1.165, 1.54) is 6.92 Å². The van der Waals surface area contributed by atoms with Crippen molar-refractivity contribution in [1.82, 2.24) is 5.32 Å². The number of nitrogens with one attached hydrogen (secondary N) is 1. The topological polar surface area (TPSA) is 66.4 Å². The summed E-state index contributed by atoms with van der Waals surface area (Å²) in [6, 6.07) is 0. The van der Waals surface area contributed by atoms with Crippen LogP contribution in [0.3, 0.4) is 0 Å².